The molecule has 2 heteroatoms. The van der Waals surface area contributed by atoms with E-state index in [1.807, 2.05) is 41.7 Å². The van der Waals surface area contributed by atoms with Crippen molar-refractivity contribution >= 4 is 11.4 Å². The van der Waals surface area contributed by atoms with Crippen molar-refractivity contribution in [3.05, 3.63) is 28.8 Å². The van der Waals surface area contributed by atoms with Crippen LogP contribution in [0.15, 0.2) is 12.1 Å². The fourth-order valence-electron chi connectivity index (χ4n) is 2.15. The van der Waals surface area contributed by atoms with Gasteiger partial charge in [-0.3, -0.25) is 0 Å². The maximum absolute atomic E-state index is 7.87. The summed E-state index contributed by atoms with van der Waals surface area (Å²) in [6.07, 6.45) is 2.57. The summed E-state index contributed by atoms with van der Waals surface area (Å²) in [6.45, 7) is 12.0. The van der Waals surface area contributed by atoms with Gasteiger partial charge >= 0.3 is 0 Å². The maximum atomic E-state index is 7.87. The Bertz CT molecular complexity index is 404. The predicted molar refractivity (Wildman–Crippen MR) is 87.9 cm³/mol. The molecule has 1 fully saturated rings. The fourth-order valence-corrected chi connectivity index (χ4v) is 2.15. The van der Waals surface area contributed by atoms with Gasteiger partial charge in [0.1, 0.15) is 0 Å². The molecule has 2 nitrogen and oxygen atoms in total. The first kappa shape index (κ1) is 17.7. The van der Waals surface area contributed by atoms with Crippen molar-refractivity contribution < 1.29 is 0 Å². The molecule has 0 heterocycles. The number of nitrogens with one attached hydrogen (secondary N) is 2. The largest absolute Gasteiger partial charge is 0.388 e. The standard InChI is InChI=1S/C13H18N2.2C2H6/c1-8-6-11(10-4-5-10)13(9(2)14)12(7-8)15-3;2*1-2/h6-7,10,14-15H,4-5H2,1-3H3;2*1-2H3. The summed E-state index contributed by atoms with van der Waals surface area (Å²) in [7, 11) is 1.93. The molecule has 2 N–H and O–H groups in total. The molecule has 1 aliphatic carbocycles. The SMILES string of the molecule is CC.CC.CNc1cc(C)cc(C2CC2)c1C(C)=N. The van der Waals surface area contributed by atoms with Gasteiger partial charge < -0.3 is 10.7 Å². The number of anilines is 1. The highest BCUT2D eigenvalue weighted by molar-refractivity contribution is 6.03. The number of rotatable bonds is 3. The lowest BCUT2D eigenvalue weighted by atomic mass is 9.95. The molecule has 0 amide bonds. The van der Waals surface area contributed by atoms with Gasteiger partial charge in [-0.1, -0.05) is 33.8 Å². The highest BCUT2D eigenvalue weighted by Crippen LogP contribution is 2.43. The van der Waals surface area contributed by atoms with Crippen LogP contribution >= 0.6 is 0 Å². The van der Waals surface area contributed by atoms with Crippen LogP contribution in [-0.4, -0.2) is 12.8 Å². The third kappa shape index (κ3) is 4.70. The molecule has 1 saturated carbocycles. The van der Waals surface area contributed by atoms with Crippen LogP contribution in [0.1, 0.15) is 70.1 Å². The van der Waals surface area contributed by atoms with Gasteiger partial charge in [-0.2, -0.15) is 0 Å². The Morgan fingerprint density at radius 1 is 1.16 bits per heavy atom. The first-order valence-corrected chi connectivity index (χ1v) is 7.51. The quantitative estimate of drug-likeness (QED) is 0.707. The van der Waals surface area contributed by atoms with Crippen LogP contribution in [0.4, 0.5) is 5.69 Å². The van der Waals surface area contributed by atoms with Gasteiger partial charge in [0.2, 0.25) is 0 Å². The second kappa shape index (κ2) is 8.73. The molecule has 0 unspecified atom stereocenters. The zero-order valence-electron chi connectivity index (χ0n) is 13.6. The summed E-state index contributed by atoms with van der Waals surface area (Å²) in [4.78, 5) is 0. The van der Waals surface area contributed by atoms with E-state index in [-0.39, 0.29) is 0 Å². The Balaban J connectivity index is 0.000000741. The predicted octanol–water partition coefficient (Wildman–Crippen LogP) is 5.35. The number of hydrogen-bond donors (Lipinski definition) is 2. The van der Waals surface area contributed by atoms with Gasteiger partial charge in [-0.25, -0.2) is 0 Å². The van der Waals surface area contributed by atoms with Gasteiger partial charge in [-0.05, 0) is 49.8 Å². The smallest absolute Gasteiger partial charge is 0.0434 e. The van der Waals surface area contributed by atoms with E-state index in [1.165, 1.54) is 24.0 Å². The van der Waals surface area contributed by atoms with Crippen LogP contribution < -0.4 is 5.32 Å². The number of hydrogen-bond acceptors (Lipinski definition) is 2. The second-order valence-corrected chi connectivity index (χ2v) is 4.43. The molecule has 1 aromatic carbocycles. The van der Waals surface area contributed by atoms with Crippen molar-refractivity contribution in [2.75, 3.05) is 12.4 Å². The minimum Gasteiger partial charge on any atom is -0.388 e. The molecule has 0 spiro atoms. The van der Waals surface area contributed by atoms with Crippen molar-refractivity contribution in [2.45, 2.75) is 60.3 Å². The van der Waals surface area contributed by atoms with E-state index in [4.69, 9.17) is 5.41 Å². The molecule has 0 saturated heterocycles. The topological polar surface area (TPSA) is 35.9 Å². The molecule has 1 aromatic rings. The zero-order chi connectivity index (χ0) is 15.0. The van der Waals surface area contributed by atoms with Crippen LogP contribution in [0.3, 0.4) is 0 Å². The first-order valence-electron chi connectivity index (χ1n) is 7.51. The van der Waals surface area contributed by atoms with E-state index >= 15 is 0 Å². The molecule has 108 valence electrons. The van der Waals surface area contributed by atoms with Crippen LogP contribution in [0.5, 0.6) is 0 Å². The molecule has 0 aromatic heterocycles. The van der Waals surface area contributed by atoms with Gasteiger partial charge in [0, 0.05) is 24.0 Å². The van der Waals surface area contributed by atoms with Crippen molar-refractivity contribution in [3.8, 4) is 0 Å². The van der Waals surface area contributed by atoms with Gasteiger partial charge in [0.15, 0.2) is 0 Å². The Hall–Kier alpha value is -1.31. The van der Waals surface area contributed by atoms with Gasteiger partial charge in [-0.15, -0.1) is 0 Å². The maximum Gasteiger partial charge on any atom is 0.0434 e. The van der Waals surface area contributed by atoms with E-state index in [1.54, 1.807) is 0 Å². The highest BCUT2D eigenvalue weighted by atomic mass is 14.8. The lowest BCUT2D eigenvalue weighted by Crippen LogP contribution is -2.05. The first-order chi connectivity index (χ1) is 9.13. The molecule has 0 aliphatic heterocycles. The average Bonchev–Trinajstić information content (AvgIpc) is 3.26. The average molecular weight is 262 g/mol. The van der Waals surface area contributed by atoms with E-state index in [0.717, 1.165) is 11.3 Å². The summed E-state index contributed by atoms with van der Waals surface area (Å²) in [5.74, 6) is 0.701. The Kier molecular flexibility index (Phi) is 8.13. The monoisotopic (exact) mass is 262 g/mol. The van der Waals surface area contributed by atoms with E-state index in [0.29, 0.717) is 11.6 Å². The zero-order valence-corrected chi connectivity index (χ0v) is 13.6. The molecule has 2 rings (SSSR count). The third-order valence-corrected chi connectivity index (χ3v) is 2.97. The Morgan fingerprint density at radius 3 is 2.05 bits per heavy atom. The van der Waals surface area contributed by atoms with Crippen molar-refractivity contribution in [1.29, 1.82) is 5.41 Å². The van der Waals surface area contributed by atoms with Gasteiger partial charge in [0.25, 0.3) is 0 Å². The third-order valence-electron chi connectivity index (χ3n) is 2.97. The van der Waals surface area contributed by atoms with E-state index < -0.39 is 0 Å². The summed E-state index contributed by atoms with van der Waals surface area (Å²) >= 11 is 0. The summed E-state index contributed by atoms with van der Waals surface area (Å²) < 4.78 is 0. The molecule has 0 radical (unpaired) electrons. The van der Waals surface area contributed by atoms with Crippen molar-refractivity contribution in [2.24, 2.45) is 0 Å². The van der Waals surface area contributed by atoms with E-state index in [9.17, 15) is 0 Å². The molecular weight excluding hydrogens is 232 g/mol. The lowest BCUT2D eigenvalue weighted by Gasteiger charge is -2.14. The Labute approximate surface area is 119 Å². The molecule has 0 bridgehead atoms. The van der Waals surface area contributed by atoms with Crippen LogP contribution in [0, 0.1) is 12.3 Å². The second-order valence-electron chi connectivity index (χ2n) is 4.43. The van der Waals surface area contributed by atoms with Crippen molar-refractivity contribution in [3.63, 3.8) is 0 Å². The highest BCUT2D eigenvalue weighted by Gasteiger charge is 2.27. The van der Waals surface area contributed by atoms with Gasteiger partial charge in [0.05, 0.1) is 0 Å². The Morgan fingerprint density at radius 2 is 1.68 bits per heavy atom. The van der Waals surface area contributed by atoms with Crippen LogP contribution in [0.2, 0.25) is 0 Å². The molecular formula is C17H30N2. The summed E-state index contributed by atoms with van der Waals surface area (Å²) in [5, 5.41) is 11.1. The summed E-state index contributed by atoms with van der Waals surface area (Å²) in [5.41, 5.74) is 5.54. The minimum absolute atomic E-state index is 0.668. The van der Waals surface area contributed by atoms with Crippen LogP contribution in [0.25, 0.3) is 0 Å². The number of aryl methyl sites for hydroxylation is 1. The lowest BCUT2D eigenvalue weighted by molar-refractivity contribution is 1.11. The summed E-state index contributed by atoms with van der Waals surface area (Å²) in [6, 6.07) is 4.37. The van der Waals surface area contributed by atoms with Crippen LogP contribution in [-0.2, 0) is 0 Å². The number of benzene rings is 1. The van der Waals surface area contributed by atoms with Crippen molar-refractivity contribution in [1.82, 2.24) is 0 Å². The normalized spacial score (nSPS) is 12.6. The molecule has 0 atom stereocenters. The molecule has 19 heavy (non-hydrogen) atoms. The van der Waals surface area contributed by atoms with E-state index in [2.05, 4.69) is 24.4 Å². The minimum atomic E-state index is 0.668. The fraction of sp³-hybridized carbons (Fsp3) is 0.588. The molecule has 1 aliphatic rings.